The zero-order valence-electron chi connectivity index (χ0n) is 18.0. The van der Waals surface area contributed by atoms with E-state index in [1.54, 1.807) is 16.4 Å². The summed E-state index contributed by atoms with van der Waals surface area (Å²) in [6, 6.07) is 12.1. The average molecular weight is 449 g/mol. The number of piperazine rings is 1. The van der Waals surface area contributed by atoms with E-state index in [9.17, 15) is 12.8 Å². The minimum absolute atomic E-state index is 0.0466. The van der Waals surface area contributed by atoms with Gasteiger partial charge in [0, 0.05) is 43.9 Å². The molecule has 0 saturated carbocycles. The molecule has 4 rings (SSSR count). The van der Waals surface area contributed by atoms with Crippen LogP contribution in [0.25, 0.3) is 0 Å². The fraction of sp³-hybridized carbons (Fsp3) is 0.478. The van der Waals surface area contributed by atoms with Crippen molar-refractivity contribution in [3.05, 3.63) is 53.8 Å². The smallest absolute Gasteiger partial charge is 0.214 e. The number of nitrogens with zero attached hydrogens (tertiary/aromatic N) is 2. The standard InChI is InChI=1S/C23H29FN2O4S/c1-23(2)17-18-5-3-6-21(22(18)30-23)29-15-4-16-31(27,28)26-13-11-25(12-14-26)20-9-7-19(24)8-10-20/h3,5-10H,4,11-17H2,1-2H3. The number of benzene rings is 2. The van der Waals surface area contributed by atoms with E-state index < -0.39 is 10.0 Å². The van der Waals surface area contributed by atoms with Crippen LogP contribution in [0.3, 0.4) is 0 Å². The number of fused-ring (bicyclic) bond motifs is 1. The lowest BCUT2D eigenvalue weighted by molar-refractivity contribution is 0.132. The highest BCUT2D eigenvalue weighted by Gasteiger charge is 2.32. The molecule has 1 fully saturated rings. The highest BCUT2D eigenvalue weighted by atomic mass is 32.2. The highest BCUT2D eigenvalue weighted by molar-refractivity contribution is 7.89. The van der Waals surface area contributed by atoms with Crippen molar-refractivity contribution in [2.45, 2.75) is 32.3 Å². The lowest BCUT2D eigenvalue weighted by atomic mass is 10.0. The van der Waals surface area contributed by atoms with Gasteiger partial charge in [0.2, 0.25) is 10.0 Å². The van der Waals surface area contributed by atoms with Crippen LogP contribution in [0.4, 0.5) is 10.1 Å². The molecule has 0 N–H and O–H groups in total. The molecule has 0 atom stereocenters. The summed E-state index contributed by atoms with van der Waals surface area (Å²) in [5.41, 5.74) is 1.78. The summed E-state index contributed by atoms with van der Waals surface area (Å²) >= 11 is 0. The van der Waals surface area contributed by atoms with E-state index in [0.29, 0.717) is 45.0 Å². The molecule has 0 bridgehead atoms. The maximum absolute atomic E-state index is 13.1. The number of rotatable bonds is 7. The number of anilines is 1. The van der Waals surface area contributed by atoms with Crippen LogP contribution in [0.15, 0.2) is 42.5 Å². The normalized spacial score (nSPS) is 18.5. The van der Waals surface area contributed by atoms with E-state index in [1.165, 1.54) is 12.1 Å². The van der Waals surface area contributed by atoms with Gasteiger partial charge in [-0.25, -0.2) is 12.8 Å². The monoisotopic (exact) mass is 448 g/mol. The molecule has 31 heavy (non-hydrogen) atoms. The molecule has 0 aromatic heterocycles. The first-order valence-corrected chi connectivity index (χ1v) is 12.3. The summed E-state index contributed by atoms with van der Waals surface area (Å²) in [5.74, 6) is 1.22. The summed E-state index contributed by atoms with van der Waals surface area (Å²) < 4.78 is 52.0. The minimum atomic E-state index is -3.34. The molecule has 0 aliphatic carbocycles. The Morgan fingerprint density at radius 2 is 1.77 bits per heavy atom. The van der Waals surface area contributed by atoms with Crippen LogP contribution in [0.5, 0.6) is 11.5 Å². The average Bonchev–Trinajstić information content (AvgIpc) is 3.06. The van der Waals surface area contributed by atoms with Crippen molar-refractivity contribution in [1.82, 2.24) is 4.31 Å². The van der Waals surface area contributed by atoms with Gasteiger partial charge in [0.15, 0.2) is 11.5 Å². The Kier molecular flexibility index (Phi) is 6.12. The summed E-state index contributed by atoms with van der Waals surface area (Å²) in [4.78, 5) is 2.08. The Bertz CT molecular complexity index is 1020. The van der Waals surface area contributed by atoms with Crippen molar-refractivity contribution < 1.29 is 22.3 Å². The third kappa shape index (κ3) is 5.13. The van der Waals surface area contributed by atoms with Gasteiger partial charge in [-0.05, 0) is 50.6 Å². The molecule has 1 saturated heterocycles. The van der Waals surface area contributed by atoms with E-state index in [0.717, 1.165) is 23.4 Å². The van der Waals surface area contributed by atoms with Gasteiger partial charge in [-0.15, -0.1) is 0 Å². The van der Waals surface area contributed by atoms with E-state index in [2.05, 4.69) is 4.90 Å². The van der Waals surface area contributed by atoms with Gasteiger partial charge < -0.3 is 14.4 Å². The number of sulfonamides is 1. The zero-order chi connectivity index (χ0) is 22.1. The van der Waals surface area contributed by atoms with E-state index >= 15 is 0 Å². The topological polar surface area (TPSA) is 59.1 Å². The zero-order valence-corrected chi connectivity index (χ0v) is 18.8. The highest BCUT2D eigenvalue weighted by Crippen LogP contribution is 2.41. The SMILES string of the molecule is CC1(C)Cc2cccc(OCCCS(=O)(=O)N3CCN(c4ccc(F)cc4)CC3)c2O1. The maximum atomic E-state index is 13.1. The molecule has 6 nitrogen and oxygen atoms in total. The van der Waals surface area contributed by atoms with E-state index in [-0.39, 0.29) is 17.2 Å². The predicted molar refractivity (Wildman–Crippen MR) is 119 cm³/mol. The summed E-state index contributed by atoms with van der Waals surface area (Å²) in [7, 11) is -3.34. The lowest BCUT2D eigenvalue weighted by Crippen LogP contribution is -2.49. The molecule has 2 heterocycles. The molecule has 8 heteroatoms. The second-order valence-corrected chi connectivity index (χ2v) is 10.8. The Morgan fingerprint density at radius 1 is 1.06 bits per heavy atom. The van der Waals surface area contributed by atoms with Gasteiger partial charge >= 0.3 is 0 Å². The summed E-state index contributed by atoms with van der Waals surface area (Å²) in [6.07, 6.45) is 1.24. The van der Waals surface area contributed by atoms with E-state index in [1.807, 2.05) is 32.0 Å². The van der Waals surface area contributed by atoms with Crippen LogP contribution in [-0.2, 0) is 16.4 Å². The summed E-state index contributed by atoms with van der Waals surface area (Å²) in [5, 5.41) is 0. The van der Waals surface area contributed by atoms with Crippen LogP contribution in [-0.4, -0.2) is 56.9 Å². The second kappa shape index (κ2) is 8.67. The first-order chi connectivity index (χ1) is 14.7. The van der Waals surface area contributed by atoms with Crippen molar-refractivity contribution >= 4 is 15.7 Å². The van der Waals surface area contributed by atoms with Crippen LogP contribution >= 0.6 is 0 Å². The Labute approximate surface area is 183 Å². The van der Waals surface area contributed by atoms with Crippen LogP contribution < -0.4 is 14.4 Å². The first kappa shape index (κ1) is 21.9. The Morgan fingerprint density at radius 3 is 2.48 bits per heavy atom. The molecule has 2 aromatic carbocycles. The second-order valence-electron chi connectivity index (χ2n) is 8.66. The third-order valence-electron chi connectivity index (χ3n) is 5.68. The van der Waals surface area contributed by atoms with Crippen molar-refractivity contribution in [3.8, 4) is 11.5 Å². The van der Waals surface area contributed by atoms with Crippen LogP contribution in [0, 0.1) is 5.82 Å². The first-order valence-electron chi connectivity index (χ1n) is 10.7. The number of halogens is 1. The van der Waals surface area contributed by atoms with Gasteiger partial charge in [0.1, 0.15) is 11.4 Å². The van der Waals surface area contributed by atoms with Gasteiger partial charge in [-0.2, -0.15) is 4.31 Å². The molecule has 0 radical (unpaired) electrons. The molecule has 168 valence electrons. The van der Waals surface area contributed by atoms with Crippen molar-refractivity contribution in [2.75, 3.05) is 43.4 Å². The van der Waals surface area contributed by atoms with Gasteiger partial charge in [0.05, 0.1) is 12.4 Å². The molecule has 2 aliphatic heterocycles. The molecular weight excluding hydrogens is 419 g/mol. The number of ether oxygens (including phenoxy) is 2. The van der Waals surface area contributed by atoms with Gasteiger partial charge in [0.25, 0.3) is 0 Å². The molecule has 0 spiro atoms. The fourth-order valence-electron chi connectivity index (χ4n) is 4.13. The molecule has 0 amide bonds. The minimum Gasteiger partial charge on any atom is -0.490 e. The number of hydrogen-bond acceptors (Lipinski definition) is 5. The quantitative estimate of drug-likeness (QED) is 0.607. The fourth-order valence-corrected chi connectivity index (χ4v) is 5.59. The predicted octanol–water partition coefficient (Wildman–Crippen LogP) is 3.46. The maximum Gasteiger partial charge on any atom is 0.214 e. The number of para-hydroxylation sites is 1. The van der Waals surface area contributed by atoms with Crippen molar-refractivity contribution in [1.29, 1.82) is 0 Å². The van der Waals surface area contributed by atoms with Crippen LogP contribution in [0.1, 0.15) is 25.8 Å². The molecule has 2 aromatic rings. The van der Waals surface area contributed by atoms with Gasteiger partial charge in [-0.3, -0.25) is 0 Å². The Balaban J connectivity index is 1.25. The molecule has 0 unspecified atom stereocenters. The third-order valence-corrected chi connectivity index (χ3v) is 7.64. The van der Waals surface area contributed by atoms with Gasteiger partial charge in [-0.1, -0.05) is 12.1 Å². The van der Waals surface area contributed by atoms with Crippen LogP contribution in [0.2, 0.25) is 0 Å². The summed E-state index contributed by atoms with van der Waals surface area (Å²) in [6.45, 7) is 6.42. The Hall–Kier alpha value is -2.32. The largest absolute Gasteiger partial charge is 0.490 e. The molecule has 2 aliphatic rings. The molecular formula is C23H29FN2O4S. The lowest BCUT2D eigenvalue weighted by Gasteiger charge is -2.35. The van der Waals surface area contributed by atoms with E-state index in [4.69, 9.17) is 9.47 Å². The van der Waals surface area contributed by atoms with Crippen molar-refractivity contribution in [2.24, 2.45) is 0 Å². The number of hydrogen-bond donors (Lipinski definition) is 0. The van der Waals surface area contributed by atoms with Crippen molar-refractivity contribution in [3.63, 3.8) is 0 Å².